The summed E-state index contributed by atoms with van der Waals surface area (Å²) in [4.78, 5) is 117. The van der Waals surface area contributed by atoms with Crippen LogP contribution in [-0.2, 0) is 95.6 Å². The Morgan fingerprint density at radius 3 is 0.869 bits per heavy atom. The lowest BCUT2D eigenvalue weighted by Gasteiger charge is -2.25. The fourth-order valence-electron chi connectivity index (χ4n) is 15.9. The molecule has 0 N–H and O–H groups in total. The quantitative estimate of drug-likeness (QED) is 0.0196. The molecular weight excluding hydrogens is 1780 g/mol. The maximum Gasteiger partial charge on any atom is 0.500 e. The van der Waals surface area contributed by atoms with Crippen LogP contribution in [0.3, 0.4) is 0 Å². The van der Waals surface area contributed by atoms with E-state index in [9.17, 15) is 51.6 Å². The Balaban J connectivity index is 0.000000195. The Bertz CT molecular complexity index is 5300. The number of nitrogens with zero attached hydrogens (tertiary/aromatic N) is 5. The summed E-state index contributed by atoms with van der Waals surface area (Å²) < 4.78 is 106. The van der Waals surface area contributed by atoms with E-state index in [0.29, 0.717) is 104 Å². The Morgan fingerprint density at radius 1 is 0.292 bits per heavy atom. The van der Waals surface area contributed by atoms with Crippen molar-refractivity contribution in [2.45, 2.75) is 81.1 Å². The van der Waals surface area contributed by atoms with Crippen molar-refractivity contribution in [3.8, 4) is 44.5 Å². The molecule has 0 unspecified atom stereocenters. The van der Waals surface area contributed by atoms with Crippen molar-refractivity contribution in [1.29, 1.82) is 0 Å². The number of sulfonamides is 1. The predicted molar refractivity (Wildman–Crippen MR) is 500 cm³/mol. The van der Waals surface area contributed by atoms with Gasteiger partial charge in [0, 0.05) is 207 Å². The molecule has 130 heavy (non-hydrogen) atoms. The van der Waals surface area contributed by atoms with Gasteiger partial charge in [0.15, 0.2) is 0 Å². The summed E-state index contributed by atoms with van der Waals surface area (Å²) in [6.45, 7) is 4.03. The van der Waals surface area contributed by atoms with E-state index in [0.717, 1.165) is 70.4 Å². The summed E-state index contributed by atoms with van der Waals surface area (Å²) in [7, 11) is 5.68. The van der Waals surface area contributed by atoms with Crippen LogP contribution in [0.15, 0.2) is 211 Å². The molecule has 0 bridgehead atoms. The predicted octanol–water partition coefficient (Wildman–Crippen LogP) is 14.0. The molecule has 4 aliphatic rings. The third-order valence-electron chi connectivity index (χ3n) is 23.0. The van der Waals surface area contributed by atoms with Gasteiger partial charge in [0.05, 0.1) is 27.8 Å². The molecule has 0 saturated carbocycles. The molecular formula is C93H115N5O26SSi5. The molecule has 0 atom stereocenters. The largest absolute Gasteiger partial charge is 0.500 e. The lowest BCUT2D eigenvalue weighted by molar-refractivity contribution is -0.142. The lowest BCUT2D eigenvalue weighted by Crippen LogP contribution is -2.44. The molecule has 0 fully saturated rings. The highest BCUT2D eigenvalue weighted by Gasteiger charge is 2.48. The zero-order valence-electron chi connectivity index (χ0n) is 76.5. The van der Waals surface area contributed by atoms with Gasteiger partial charge in [-0.25, -0.2) is 12.7 Å². The normalized spacial score (nSPS) is 14.1. The number of fused-ring (bicyclic) bond motifs is 5. The average Bonchev–Trinajstić information content (AvgIpc) is 1.50. The molecule has 37 heteroatoms. The number of hydrogen-bond acceptors (Lipinski definition) is 26. The Kier molecular flexibility index (Phi) is 37.9. The number of carbonyl (C=O) groups excluding carboxylic acids is 9. The average molecular weight is 1890 g/mol. The standard InChI is InChI=1S/C38H35NO5Si.C22H23NO5Si.C13H19NO6SSi.C10H17NO5Si.C10H21NO5Si/c1-42-45(43-2,44-3)26-16-25-39-37(40)35-33(29-21-12-6-13-22-29)31(27-17-8-4-9-18-27)32(28-19-10-5-11-20-28)34(36(35)38(39)41)30-23-14-7-15-24-30;1-26-29(27-2,28-3)10-6-9-23-21(24)19-13-17-11-15-7-4-5-8-16(15)12-18(17)14-20(19)22(23)25;1-18-22(19-2,20-3)10-6-9-14-13(15)11-7-4-5-8-12(11)21(14,16)17;1-14-17(15-2,16-3)8-4-7-11-9(12)5-6-10(11)13;1-9(12)11(10(2)13)7-6-8-17(14-3,15-4)16-5/h4-15,17-24H,16,25-26H2,1-3H3;4-5,7-8,11-14H,6,9-10H2,1-3H3;4-5,7-8H,6,9-10H2,1-3H3;5-6H,4,7-8H2,1-3H3;6-8H2,1-5H3. The van der Waals surface area contributed by atoms with Crippen molar-refractivity contribution < 1.29 is 118 Å². The molecule has 31 nitrogen and oxygen atoms in total. The topological polar surface area (TPSA) is 342 Å². The maximum atomic E-state index is 14.6. The minimum atomic E-state index is -3.76. The molecule has 0 radical (unpaired) electrons. The van der Waals surface area contributed by atoms with Crippen LogP contribution < -0.4 is 0 Å². The number of benzene rings is 9. The second kappa shape index (κ2) is 47.7. The van der Waals surface area contributed by atoms with Crippen LogP contribution in [-0.4, -0.2) is 269 Å². The molecule has 4 heterocycles. The first kappa shape index (κ1) is 103. The fourth-order valence-corrected chi connectivity index (χ4v) is 26.0. The Hall–Kier alpha value is -10.3. The van der Waals surface area contributed by atoms with Gasteiger partial charge in [-0.3, -0.25) is 62.8 Å². The summed E-state index contributed by atoms with van der Waals surface area (Å²) in [5, 5.41) is 4.12. The second-order valence-corrected chi connectivity index (χ2v) is 47.2. The number of rotatable bonds is 39. The second-order valence-electron chi connectivity index (χ2n) is 29.9. The van der Waals surface area contributed by atoms with Crippen molar-refractivity contribution in [1.82, 2.24) is 23.9 Å². The molecule has 9 amide bonds. The lowest BCUT2D eigenvalue weighted by atomic mass is 9.78. The molecule has 9 aromatic carbocycles. The van der Waals surface area contributed by atoms with Crippen LogP contribution in [0.1, 0.15) is 97.7 Å². The molecule has 0 aliphatic carbocycles. The van der Waals surface area contributed by atoms with E-state index >= 15 is 0 Å². The SMILES string of the molecule is CO[Si](CCCN(C(C)=O)C(C)=O)(OC)OC.CO[Si](CCCN1C(=O)C=CC1=O)(OC)OC.CO[Si](CCCN1C(=O)c2c(c(-c3ccccc3)c(-c3ccccc3)c(-c3ccccc3)c2-c2ccccc2)C1=O)(OC)OC.CO[Si](CCCN1C(=O)c2cc3cc4ccccc4cc3cc2C1=O)(OC)OC.CO[Si](CCCN1C(=O)c2ccccc2S1(=O)=O)(OC)OC. The van der Waals surface area contributed by atoms with E-state index in [1.54, 1.807) is 54.8 Å². The summed E-state index contributed by atoms with van der Waals surface area (Å²) in [5.74, 6) is -2.64. The van der Waals surface area contributed by atoms with Gasteiger partial charge >= 0.3 is 44.0 Å². The van der Waals surface area contributed by atoms with Crippen LogP contribution in [0, 0.1) is 0 Å². The van der Waals surface area contributed by atoms with Crippen molar-refractivity contribution in [2.24, 2.45) is 0 Å². The molecule has 9 aromatic rings. The molecule has 0 saturated heterocycles. The molecule has 13 rings (SSSR count). The van der Waals surface area contributed by atoms with Crippen LogP contribution in [0.2, 0.25) is 30.2 Å². The number of imide groups is 4. The fraction of sp³-hybridized carbons (Fsp3) is 0.344. The smallest absolute Gasteiger partial charge is 0.377 e. The summed E-state index contributed by atoms with van der Waals surface area (Å²) in [6, 6.07) is 64.7. The van der Waals surface area contributed by atoms with Gasteiger partial charge < -0.3 is 66.4 Å². The van der Waals surface area contributed by atoms with E-state index in [2.05, 4.69) is 36.4 Å². The summed E-state index contributed by atoms with van der Waals surface area (Å²) in [5.41, 5.74) is 9.01. The number of amides is 9. The first-order valence-corrected chi connectivity index (χ1v) is 53.0. The zero-order chi connectivity index (χ0) is 94.7. The van der Waals surface area contributed by atoms with Gasteiger partial charge in [0.1, 0.15) is 4.90 Å². The molecule has 0 spiro atoms. The van der Waals surface area contributed by atoms with E-state index in [1.807, 2.05) is 133 Å². The van der Waals surface area contributed by atoms with Crippen LogP contribution in [0.5, 0.6) is 0 Å². The maximum absolute atomic E-state index is 14.6. The molecule has 694 valence electrons. The van der Waals surface area contributed by atoms with Gasteiger partial charge in [0.2, 0.25) is 11.8 Å². The van der Waals surface area contributed by atoms with Gasteiger partial charge in [-0.15, -0.1) is 0 Å². The minimum absolute atomic E-state index is 0.0636. The summed E-state index contributed by atoms with van der Waals surface area (Å²) >= 11 is 0. The number of carbonyl (C=O) groups is 9. The van der Waals surface area contributed by atoms with Crippen molar-refractivity contribution in [3.05, 3.63) is 234 Å². The Labute approximate surface area is 765 Å². The van der Waals surface area contributed by atoms with E-state index in [-0.39, 0.29) is 70.8 Å². The Morgan fingerprint density at radius 2 is 0.562 bits per heavy atom. The van der Waals surface area contributed by atoms with Crippen LogP contribution in [0.4, 0.5) is 0 Å². The van der Waals surface area contributed by atoms with Crippen molar-refractivity contribution in [2.75, 3.05) is 139 Å². The molecule has 0 aromatic heterocycles. The van der Waals surface area contributed by atoms with E-state index in [1.165, 1.54) is 122 Å². The first-order valence-electron chi connectivity index (χ1n) is 41.9. The van der Waals surface area contributed by atoms with Gasteiger partial charge in [-0.1, -0.05) is 158 Å². The van der Waals surface area contributed by atoms with Crippen molar-refractivity contribution in [3.63, 3.8) is 0 Å². The first-order chi connectivity index (χ1) is 62.5. The highest BCUT2D eigenvalue weighted by molar-refractivity contribution is 7.90. The zero-order valence-corrected chi connectivity index (χ0v) is 82.3. The van der Waals surface area contributed by atoms with Gasteiger partial charge in [0.25, 0.3) is 51.4 Å². The highest BCUT2D eigenvalue weighted by Crippen LogP contribution is 2.52. The third kappa shape index (κ3) is 23.6. The third-order valence-corrected chi connectivity index (χ3v) is 39.0. The van der Waals surface area contributed by atoms with Crippen LogP contribution in [0.25, 0.3) is 66.1 Å². The van der Waals surface area contributed by atoms with E-state index in [4.69, 9.17) is 66.4 Å². The van der Waals surface area contributed by atoms with E-state index < -0.39 is 60.0 Å². The minimum Gasteiger partial charge on any atom is -0.377 e. The summed E-state index contributed by atoms with van der Waals surface area (Å²) in [6.07, 6.45) is 5.18. The number of hydrogen-bond donors (Lipinski definition) is 0. The van der Waals surface area contributed by atoms with Crippen LogP contribution >= 0.6 is 0 Å². The van der Waals surface area contributed by atoms with Gasteiger partial charge in [-0.2, -0.15) is 0 Å². The highest BCUT2D eigenvalue weighted by atomic mass is 32.2. The van der Waals surface area contributed by atoms with Crippen molar-refractivity contribution >= 4 is 129 Å². The monoisotopic (exact) mass is 1890 g/mol. The molecule has 4 aliphatic heterocycles. The van der Waals surface area contributed by atoms with Gasteiger partial charge in [-0.05, 0) is 123 Å².